The largest absolute Gasteiger partial charge is 0.456 e. The fraction of sp³-hybridized carbons (Fsp3) is 0.200. The predicted molar refractivity (Wildman–Crippen MR) is 55.7 cm³/mol. The Kier molecular flexibility index (Phi) is 2.96. The summed E-state index contributed by atoms with van der Waals surface area (Å²) in [5, 5.41) is 8.00. The minimum Gasteiger partial charge on any atom is -0.456 e. The maximum atomic E-state index is 11.1. The zero-order chi connectivity index (χ0) is 11.5. The number of carbonyl (C=O) groups excluding carboxylic acids is 2. The molecule has 0 aliphatic carbocycles. The molecular weight excluding hydrogens is 232 g/mol. The summed E-state index contributed by atoms with van der Waals surface area (Å²) in [4.78, 5) is 22.2. The van der Waals surface area contributed by atoms with Crippen LogP contribution in [0.15, 0.2) is 34.5 Å². The third kappa shape index (κ3) is 2.25. The van der Waals surface area contributed by atoms with Crippen LogP contribution in [-0.2, 0) is 14.3 Å². The molecule has 82 valence electrons. The van der Waals surface area contributed by atoms with Crippen molar-refractivity contribution >= 4 is 29.0 Å². The highest BCUT2D eigenvalue weighted by Crippen LogP contribution is 2.18. The number of hydrogen-bond donors (Lipinski definition) is 0. The number of Topliss-reactive ketones (excluding diaryl/α,β-unsaturated/α-hetero) is 1. The van der Waals surface area contributed by atoms with Gasteiger partial charge in [-0.3, -0.25) is 4.79 Å². The Morgan fingerprint density at radius 1 is 1.25 bits per heavy atom. The minimum absolute atomic E-state index is 0.219. The molecule has 0 amide bonds. The maximum Gasteiger partial charge on any atom is 0.341 e. The van der Waals surface area contributed by atoms with E-state index < -0.39 is 12.0 Å². The minimum atomic E-state index is -1.12. The lowest BCUT2D eigenvalue weighted by atomic mass is 10.2. The van der Waals surface area contributed by atoms with Crippen LogP contribution in [0.25, 0.3) is 0 Å². The van der Waals surface area contributed by atoms with E-state index in [0.29, 0.717) is 10.7 Å². The first kappa shape index (κ1) is 10.8. The highest BCUT2D eigenvalue weighted by atomic mass is 35.5. The summed E-state index contributed by atoms with van der Waals surface area (Å²) in [6, 6.07) is 5.44. The third-order valence-electron chi connectivity index (χ3n) is 2.00. The molecule has 0 radical (unpaired) electrons. The van der Waals surface area contributed by atoms with Crippen LogP contribution in [0.2, 0.25) is 5.02 Å². The van der Waals surface area contributed by atoms with E-state index in [9.17, 15) is 9.59 Å². The van der Waals surface area contributed by atoms with Gasteiger partial charge >= 0.3 is 5.97 Å². The molecule has 6 heteroatoms. The molecule has 1 aromatic rings. The van der Waals surface area contributed by atoms with Crippen LogP contribution in [0.4, 0.5) is 5.69 Å². The van der Waals surface area contributed by atoms with Crippen molar-refractivity contribution in [2.45, 2.75) is 6.04 Å². The topological polar surface area (TPSA) is 68.1 Å². The number of ether oxygens (including phenoxy) is 1. The molecule has 1 aliphatic rings. The van der Waals surface area contributed by atoms with Crippen LogP contribution in [0.1, 0.15) is 0 Å². The second kappa shape index (κ2) is 4.40. The van der Waals surface area contributed by atoms with E-state index in [-0.39, 0.29) is 12.4 Å². The SMILES string of the molecule is O=C1COC(=O)C1N=Nc1ccc(Cl)cc1. The average molecular weight is 239 g/mol. The first-order chi connectivity index (χ1) is 7.66. The van der Waals surface area contributed by atoms with Crippen molar-refractivity contribution in [1.82, 2.24) is 0 Å². The summed E-state index contributed by atoms with van der Waals surface area (Å²) < 4.78 is 4.52. The Bertz CT molecular complexity index is 440. The number of esters is 1. The van der Waals surface area contributed by atoms with Crippen molar-refractivity contribution in [2.24, 2.45) is 10.2 Å². The summed E-state index contributed by atoms with van der Waals surface area (Å²) in [6.45, 7) is -0.219. The summed E-state index contributed by atoms with van der Waals surface area (Å²) in [6.07, 6.45) is 0. The predicted octanol–water partition coefficient (Wildman–Crippen LogP) is 1.92. The second-order valence-corrected chi connectivity index (χ2v) is 3.60. The fourth-order valence-electron chi connectivity index (χ4n) is 1.18. The molecule has 0 saturated carbocycles. The van der Waals surface area contributed by atoms with Crippen molar-refractivity contribution in [2.75, 3.05) is 6.61 Å². The van der Waals surface area contributed by atoms with E-state index in [1.54, 1.807) is 24.3 Å². The van der Waals surface area contributed by atoms with Crippen LogP contribution >= 0.6 is 11.6 Å². The van der Waals surface area contributed by atoms with Crippen LogP contribution in [0.3, 0.4) is 0 Å². The van der Waals surface area contributed by atoms with Crippen molar-refractivity contribution in [3.8, 4) is 0 Å². The Hall–Kier alpha value is -1.75. The van der Waals surface area contributed by atoms with Gasteiger partial charge in [0.1, 0.15) is 0 Å². The van der Waals surface area contributed by atoms with Crippen molar-refractivity contribution in [1.29, 1.82) is 0 Å². The number of ketones is 1. The molecule has 1 heterocycles. The summed E-state index contributed by atoms with van der Waals surface area (Å²) in [5.74, 6) is -1.02. The number of cyclic esters (lactones) is 1. The van der Waals surface area contributed by atoms with Gasteiger partial charge < -0.3 is 4.74 Å². The molecule has 16 heavy (non-hydrogen) atoms. The molecule has 0 N–H and O–H groups in total. The molecule has 1 atom stereocenters. The van der Waals surface area contributed by atoms with Crippen molar-refractivity contribution in [3.63, 3.8) is 0 Å². The Labute approximate surface area is 96.1 Å². The third-order valence-corrected chi connectivity index (χ3v) is 2.25. The number of halogens is 1. The molecule has 1 saturated heterocycles. The highest BCUT2D eigenvalue weighted by Gasteiger charge is 2.35. The Morgan fingerprint density at radius 2 is 1.94 bits per heavy atom. The van der Waals surface area contributed by atoms with Gasteiger partial charge in [0, 0.05) is 5.02 Å². The summed E-state index contributed by atoms with van der Waals surface area (Å²) in [7, 11) is 0. The van der Waals surface area contributed by atoms with Gasteiger partial charge in [-0.25, -0.2) is 4.79 Å². The van der Waals surface area contributed by atoms with Crippen LogP contribution < -0.4 is 0 Å². The maximum absolute atomic E-state index is 11.1. The monoisotopic (exact) mass is 238 g/mol. The van der Waals surface area contributed by atoms with E-state index in [1.807, 2.05) is 0 Å². The molecule has 1 aliphatic heterocycles. The van der Waals surface area contributed by atoms with Gasteiger partial charge in [-0.1, -0.05) is 11.6 Å². The standard InChI is InChI=1S/C10H7ClN2O3/c11-6-1-3-7(4-2-6)12-13-9-8(14)5-16-10(9)15/h1-4,9H,5H2. The molecule has 1 unspecified atom stereocenters. The zero-order valence-corrected chi connectivity index (χ0v) is 8.85. The number of hydrogen-bond acceptors (Lipinski definition) is 5. The van der Waals surface area contributed by atoms with Gasteiger partial charge in [-0.05, 0) is 24.3 Å². The van der Waals surface area contributed by atoms with E-state index in [1.165, 1.54) is 0 Å². The molecule has 1 fully saturated rings. The van der Waals surface area contributed by atoms with E-state index >= 15 is 0 Å². The number of carbonyl (C=O) groups is 2. The normalized spacial score (nSPS) is 20.4. The molecule has 5 nitrogen and oxygen atoms in total. The Morgan fingerprint density at radius 3 is 2.50 bits per heavy atom. The number of rotatable bonds is 2. The van der Waals surface area contributed by atoms with Crippen LogP contribution in [-0.4, -0.2) is 24.4 Å². The lowest BCUT2D eigenvalue weighted by Crippen LogP contribution is -2.18. The fourth-order valence-corrected chi connectivity index (χ4v) is 1.30. The molecule has 0 aromatic heterocycles. The molecule has 0 bridgehead atoms. The highest BCUT2D eigenvalue weighted by molar-refractivity contribution is 6.30. The quantitative estimate of drug-likeness (QED) is 0.449. The second-order valence-electron chi connectivity index (χ2n) is 3.17. The average Bonchev–Trinajstić information content (AvgIpc) is 2.59. The van der Waals surface area contributed by atoms with E-state index in [2.05, 4.69) is 15.0 Å². The van der Waals surface area contributed by atoms with Gasteiger partial charge in [-0.15, -0.1) is 0 Å². The zero-order valence-electron chi connectivity index (χ0n) is 8.09. The van der Waals surface area contributed by atoms with Gasteiger partial charge in [-0.2, -0.15) is 10.2 Å². The molecule has 0 spiro atoms. The van der Waals surface area contributed by atoms with Crippen LogP contribution in [0, 0.1) is 0 Å². The first-order valence-electron chi connectivity index (χ1n) is 4.52. The molecule has 2 rings (SSSR count). The number of benzene rings is 1. The Balaban J connectivity index is 2.12. The molecule has 1 aromatic carbocycles. The lowest BCUT2D eigenvalue weighted by Gasteiger charge is -1.95. The van der Waals surface area contributed by atoms with E-state index in [4.69, 9.17) is 11.6 Å². The van der Waals surface area contributed by atoms with Gasteiger partial charge in [0.2, 0.25) is 11.8 Å². The number of azo groups is 1. The van der Waals surface area contributed by atoms with Gasteiger partial charge in [0.15, 0.2) is 6.61 Å². The molecular formula is C10H7ClN2O3. The lowest BCUT2D eigenvalue weighted by molar-refractivity contribution is -0.139. The van der Waals surface area contributed by atoms with Crippen molar-refractivity contribution < 1.29 is 14.3 Å². The number of nitrogens with zero attached hydrogens (tertiary/aromatic N) is 2. The summed E-state index contributed by atoms with van der Waals surface area (Å²) >= 11 is 5.68. The van der Waals surface area contributed by atoms with Gasteiger partial charge in [0.05, 0.1) is 5.69 Å². The van der Waals surface area contributed by atoms with E-state index in [0.717, 1.165) is 0 Å². The van der Waals surface area contributed by atoms with Gasteiger partial charge in [0.25, 0.3) is 0 Å². The van der Waals surface area contributed by atoms with Crippen molar-refractivity contribution in [3.05, 3.63) is 29.3 Å². The van der Waals surface area contributed by atoms with Crippen LogP contribution in [0.5, 0.6) is 0 Å². The smallest absolute Gasteiger partial charge is 0.341 e. The summed E-state index contributed by atoms with van der Waals surface area (Å²) in [5.41, 5.74) is 0.525. The first-order valence-corrected chi connectivity index (χ1v) is 4.90.